The van der Waals surface area contributed by atoms with E-state index >= 15 is 0 Å². The number of ether oxygens (including phenoxy) is 2. The van der Waals surface area contributed by atoms with Crippen LogP contribution in [0.3, 0.4) is 0 Å². The van der Waals surface area contributed by atoms with E-state index in [0.717, 1.165) is 27.6 Å². The summed E-state index contributed by atoms with van der Waals surface area (Å²) in [5, 5.41) is 5.09. The van der Waals surface area contributed by atoms with Crippen LogP contribution in [0, 0.1) is 0 Å². The van der Waals surface area contributed by atoms with Crippen LogP contribution in [0.4, 0.5) is 5.00 Å². The minimum Gasteiger partial charge on any atom is -0.484 e. The Hall–Kier alpha value is -2.64. The van der Waals surface area contributed by atoms with Crippen molar-refractivity contribution in [3.8, 4) is 16.9 Å². The lowest BCUT2D eigenvalue weighted by Gasteiger charge is -2.10. The maximum absolute atomic E-state index is 12.6. The number of hydrogen-bond acceptors (Lipinski definition) is 5. The number of carbonyl (C=O) groups is 2. The molecule has 3 rings (SSSR count). The first kappa shape index (κ1) is 22.1. The molecule has 0 saturated carbocycles. The fraction of sp³-hybridized carbons (Fsp3) is 0.217. The Morgan fingerprint density at radius 2 is 1.87 bits per heavy atom. The molecule has 0 radical (unpaired) electrons. The molecule has 1 N–H and O–H groups in total. The second kappa shape index (κ2) is 10.4. The van der Waals surface area contributed by atoms with Gasteiger partial charge in [-0.1, -0.05) is 47.1 Å². The minimum absolute atomic E-state index is 0.152. The monoisotopic (exact) mass is 487 g/mol. The lowest BCUT2D eigenvalue weighted by Crippen LogP contribution is -2.21. The third kappa shape index (κ3) is 5.49. The summed E-state index contributed by atoms with van der Waals surface area (Å²) in [6.07, 6.45) is 0.889. The first-order chi connectivity index (χ1) is 14.5. The van der Waals surface area contributed by atoms with Crippen LogP contribution >= 0.6 is 27.3 Å². The standard InChI is InChI=1S/C23H22BrNO4S/c1-3-15-6-5-7-18(12-15)29-13-20(26)25-22-21(23(27)28-4-2)19(14-30-22)16-8-10-17(24)11-9-16/h5-12,14H,3-4,13H2,1-2H3,(H,25,26). The number of rotatable bonds is 8. The van der Waals surface area contributed by atoms with E-state index in [4.69, 9.17) is 9.47 Å². The molecular weight excluding hydrogens is 466 g/mol. The van der Waals surface area contributed by atoms with Gasteiger partial charge in [-0.15, -0.1) is 11.3 Å². The Morgan fingerprint density at radius 1 is 1.10 bits per heavy atom. The zero-order chi connectivity index (χ0) is 21.5. The molecule has 0 unspecified atom stereocenters. The summed E-state index contributed by atoms with van der Waals surface area (Å²) in [5.41, 5.74) is 3.07. The Labute approximate surface area is 188 Å². The molecule has 156 valence electrons. The van der Waals surface area contributed by atoms with Crippen molar-refractivity contribution in [1.29, 1.82) is 0 Å². The molecule has 0 aliphatic carbocycles. The predicted octanol–water partition coefficient (Wildman–Crippen LogP) is 5.93. The van der Waals surface area contributed by atoms with Gasteiger partial charge in [0.2, 0.25) is 0 Å². The smallest absolute Gasteiger partial charge is 0.341 e. The van der Waals surface area contributed by atoms with Crippen molar-refractivity contribution in [2.45, 2.75) is 20.3 Å². The number of anilines is 1. The lowest BCUT2D eigenvalue weighted by atomic mass is 10.0. The summed E-state index contributed by atoms with van der Waals surface area (Å²) in [7, 11) is 0. The normalized spacial score (nSPS) is 10.5. The number of esters is 1. The van der Waals surface area contributed by atoms with E-state index in [9.17, 15) is 9.59 Å². The van der Waals surface area contributed by atoms with E-state index < -0.39 is 5.97 Å². The van der Waals surface area contributed by atoms with Crippen molar-refractivity contribution < 1.29 is 19.1 Å². The van der Waals surface area contributed by atoms with Crippen LogP contribution in [0.2, 0.25) is 0 Å². The number of benzene rings is 2. The Kier molecular flexibility index (Phi) is 7.65. The zero-order valence-corrected chi connectivity index (χ0v) is 19.1. The van der Waals surface area contributed by atoms with Gasteiger partial charge in [-0.25, -0.2) is 4.79 Å². The van der Waals surface area contributed by atoms with Crippen molar-refractivity contribution in [2.75, 3.05) is 18.5 Å². The van der Waals surface area contributed by atoms with Crippen LogP contribution in [-0.2, 0) is 16.0 Å². The van der Waals surface area contributed by atoms with Gasteiger partial charge in [-0.05, 0) is 48.7 Å². The Balaban J connectivity index is 1.78. The number of amides is 1. The highest BCUT2D eigenvalue weighted by Crippen LogP contribution is 2.36. The highest BCUT2D eigenvalue weighted by molar-refractivity contribution is 9.10. The van der Waals surface area contributed by atoms with Gasteiger partial charge >= 0.3 is 5.97 Å². The Morgan fingerprint density at radius 3 is 2.57 bits per heavy atom. The maximum Gasteiger partial charge on any atom is 0.341 e. The summed E-state index contributed by atoms with van der Waals surface area (Å²) >= 11 is 4.70. The molecule has 30 heavy (non-hydrogen) atoms. The van der Waals surface area contributed by atoms with Crippen LogP contribution in [0.25, 0.3) is 11.1 Å². The van der Waals surface area contributed by atoms with Crippen molar-refractivity contribution in [2.24, 2.45) is 0 Å². The lowest BCUT2D eigenvalue weighted by molar-refractivity contribution is -0.118. The topological polar surface area (TPSA) is 64.6 Å². The highest BCUT2D eigenvalue weighted by Gasteiger charge is 2.23. The van der Waals surface area contributed by atoms with E-state index in [2.05, 4.69) is 28.2 Å². The van der Waals surface area contributed by atoms with E-state index in [-0.39, 0.29) is 19.1 Å². The number of halogens is 1. The molecular formula is C23H22BrNO4S. The molecule has 0 aliphatic rings. The van der Waals surface area contributed by atoms with E-state index in [1.54, 1.807) is 6.92 Å². The number of carbonyl (C=O) groups excluding carboxylic acids is 2. The maximum atomic E-state index is 12.6. The summed E-state index contributed by atoms with van der Waals surface area (Å²) in [4.78, 5) is 25.1. The average molecular weight is 488 g/mol. The van der Waals surface area contributed by atoms with Gasteiger partial charge in [0.15, 0.2) is 6.61 Å². The molecule has 1 amide bonds. The summed E-state index contributed by atoms with van der Waals surface area (Å²) in [6.45, 7) is 3.91. The van der Waals surface area contributed by atoms with Gasteiger partial charge in [-0.3, -0.25) is 4.79 Å². The van der Waals surface area contributed by atoms with Crippen molar-refractivity contribution in [3.63, 3.8) is 0 Å². The largest absolute Gasteiger partial charge is 0.484 e. The molecule has 7 heteroatoms. The third-order valence-electron chi connectivity index (χ3n) is 4.36. The average Bonchev–Trinajstić information content (AvgIpc) is 3.16. The molecule has 3 aromatic rings. The SMILES string of the molecule is CCOC(=O)c1c(-c2ccc(Br)cc2)csc1NC(=O)COc1cccc(CC)c1. The second-order valence-corrected chi connectivity index (χ2v) is 8.21. The van der Waals surface area contributed by atoms with Gasteiger partial charge in [0.05, 0.1) is 6.61 Å². The minimum atomic E-state index is -0.469. The van der Waals surface area contributed by atoms with Crippen LogP contribution in [0.5, 0.6) is 5.75 Å². The first-order valence-electron chi connectivity index (χ1n) is 9.58. The van der Waals surface area contributed by atoms with Crippen LogP contribution in [0.15, 0.2) is 58.4 Å². The van der Waals surface area contributed by atoms with Crippen molar-refractivity contribution in [3.05, 3.63) is 69.5 Å². The van der Waals surface area contributed by atoms with Gasteiger partial charge in [0, 0.05) is 15.4 Å². The number of aryl methyl sites for hydroxylation is 1. The molecule has 2 aromatic carbocycles. The molecule has 5 nitrogen and oxygen atoms in total. The molecule has 1 heterocycles. The molecule has 1 aromatic heterocycles. The summed E-state index contributed by atoms with van der Waals surface area (Å²) < 4.78 is 11.8. The van der Waals surface area contributed by atoms with Gasteiger partial charge < -0.3 is 14.8 Å². The zero-order valence-electron chi connectivity index (χ0n) is 16.7. The number of thiophene rings is 1. The predicted molar refractivity (Wildman–Crippen MR) is 123 cm³/mol. The fourth-order valence-electron chi connectivity index (χ4n) is 2.86. The molecule has 0 spiro atoms. The van der Waals surface area contributed by atoms with Gasteiger partial charge in [0.1, 0.15) is 16.3 Å². The molecule has 0 saturated heterocycles. The number of nitrogens with one attached hydrogen (secondary N) is 1. The van der Waals surface area contributed by atoms with Crippen molar-refractivity contribution in [1.82, 2.24) is 0 Å². The van der Waals surface area contributed by atoms with Crippen LogP contribution < -0.4 is 10.1 Å². The first-order valence-corrected chi connectivity index (χ1v) is 11.2. The molecule has 0 atom stereocenters. The quantitative estimate of drug-likeness (QED) is 0.399. The fourth-order valence-corrected chi connectivity index (χ4v) is 4.10. The van der Waals surface area contributed by atoms with E-state index in [1.807, 2.05) is 53.9 Å². The van der Waals surface area contributed by atoms with Gasteiger partial charge in [0.25, 0.3) is 5.91 Å². The summed E-state index contributed by atoms with van der Waals surface area (Å²) in [5.74, 6) is -0.174. The van der Waals surface area contributed by atoms with E-state index in [0.29, 0.717) is 16.3 Å². The van der Waals surface area contributed by atoms with Crippen molar-refractivity contribution >= 4 is 44.1 Å². The van der Waals surface area contributed by atoms with E-state index in [1.165, 1.54) is 11.3 Å². The van der Waals surface area contributed by atoms with Crippen LogP contribution in [0.1, 0.15) is 29.8 Å². The highest BCUT2D eigenvalue weighted by atomic mass is 79.9. The van der Waals surface area contributed by atoms with Gasteiger partial charge in [-0.2, -0.15) is 0 Å². The summed E-state index contributed by atoms with van der Waals surface area (Å²) in [6, 6.07) is 15.2. The molecule has 0 fully saturated rings. The Bertz CT molecular complexity index is 1030. The van der Waals surface area contributed by atoms with Crippen LogP contribution in [-0.4, -0.2) is 25.1 Å². The second-order valence-electron chi connectivity index (χ2n) is 6.42. The third-order valence-corrected chi connectivity index (χ3v) is 5.78. The molecule has 0 bridgehead atoms. The molecule has 0 aliphatic heterocycles. The number of hydrogen-bond donors (Lipinski definition) is 1.